The highest BCUT2D eigenvalue weighted by Gasteiger charge is 2.37. The van der Waals surface area contributed by atoms with Crippen molar-refractivity contribution in [1.82, 2.24) is 0 Å². The van der Waals surface area contributed by atoms with E-state index in [2.05, 4.69) is 9.57 Å². The highest BCUT2D eigenvalue weighted by atomic mass is 35.5. The van der Waals surface area contributed by atoms with Gasteiger partial charge in [-0.1, -0.05) is 59.6 Å². The zero-order valence-electron chi connectivity index (χ0n) is 22.2. The molecule has 2 amide bonds. The molecule has 208 valence electrons. The molecule has 1 N–H and O–H groups in total. The average Bonchev–Trinajstić information content (AvgIpc) is 2.93. The molecule has 0 atom stereocenters. The predicted molar refractivity (Wildman–Crippen MR) is 163 cm³/mol. The minimum Gasteiger partial charge on any atom is -0.378 e. The van der Waals surface area contributed by atoms with Crippen LogP contribution in [0.2, 0.25) is 10.0 Å². The highest BCUT2D eigenvalue weighted by molar-refractivity contribution is 7.92. The maximum absolute atomic E-state index is 13.6. The fraction of sp³-hybridized carbons (Fsp3) is 0.100. The number of carbonyl (C=O) groups is 2. The molecule has 4 rings (SSSR count). The molecule has 0 unspecified atom stereocenters. The number of amides is 2. The lowest BCUT2D eigenvalue weighted by Crippen LogP contribution is -2.42. The van der Waals surface area contributed by atoms with E-state index in [1.807, 2.05) is 43.3 Å². The molecule has 8 nitrogen and oxygen atoms in total. The summed E-state index contributed by atoms with van der Waals surface area (Å²) in [4.78, 5) is 32.7. The Kier molecular flexibility index (Phi) is 8.69. The van der Waals surface area contributed by atoms with Crippen molar-refractivity contribution in [3.8, 4) is 0 Å². The first kappa shape index (κ1) is 29.6. The number of allylic oxidation sites excluding steroid dienone is 2. The molecule has 0 radical (unpaired) electrons. The summed E-state index contributed by atoms with van der Waals surface area (Å²) in [7, 11) is -0.305. The molecular weight excluding hydrogens is 583 g/mol. The number of hydrogen-bond acceptors (Lipinski definition) is 5. The molecule has 0 aromatic heterocycles. The standard InChI is InChI=1S/C30H24Cl2N4O4S/c1-19-25(10-5-7-20-11-14-22(15-12-20)35(3)4)29(37)36(30(38)28(19)33-2)23-8-6-9-24(18-23)41(39,40)34-27-17-21(31)13-16-26(27)32/h5-18,34H,1,3-4H3/b7-5+,25-10+. The average molecular weight is 608 g/mol. The SMILES string of the molecule is [C-]#[N+]C1=C(C)/C(=C\C=C\c2ccc(N(C)C)cc2)C(=O)N(c2cccc(S(=O)(=O)Nc3cc(Cl)ccc3Cl)c2)C1=O. The Morgan fingerprint density at radius 1 is 0.976 bits per heavy atom. The molecule has 3 aromatic carbocycles. The smallest absolute Gasteiger partial charge is 0.264 e. The van der Waals surface area contributed by atoms with Crippen molar-refractivity contribution in [2.45, 2.75) is 11.8 Å². The van der Waals surface area contributed by atoms with Gasteiger partial charge >= 0.3 is 0 Å². The van der Waals surface area contributed by atoms with Gasteiger partial charge in [-0.3, -0.25) is 19.2 Å². The number of halogens is 2. The first-order valence-electron chi connectivity index (χ1n) is 12.1. The minimum atomic E-state index is -4.19. The summed E-state index contributed by atoms with van der Waals surface area (Å²) in [6.07, 6.45) is 4.99. The van der Waals surface area contributed by atoms with E-state index in [4.69, 9.17) is 29.8 Å². The number of nitrogens with one attached hydrogen (secondary N) is 1. The van der Waals surface area contributed by atoms with Gasteiger partial charge in [0, 0.05) is 30.4 Å². The van der Waals surface area contributed by atoms with Gasteiger partial charge in [0.25, 0.3) is 27.5 Å². The Hall–Kier alpha value is -4.36. The summed E-state index contributed by atoms with van der Waals surface area (Å²) in [6, 6.07) is 17.4. The van der Waals surface area contributed by atoms with Crippen LogP contribution >= 0.6 is 23.2 Å². The van der Waals surface area contributed by atoms with Gasteiger partial charge in [-0.2, -0.15) is 0 Å². The van der Waals surface area contributed by atoms with Crippen LogP contribution in [0, 0.1) is 6.57 Å². The molecule has 0 fully saturated rings. The molecule has 3 aromatic rings. The summed E-state index contributed by atoms with van der Waals surface area (Å²) >= 11 is 12.1. The Morgan fingerprint density at radius 3 is 2.34 bits per heavy atom. The molecule has 0 aliphatic carbocycles. The topological polar surface area (TPSA) is 91.2 Å². The number of hydrogen-bond donors (Lipinski definition) is 1. The van der Waals surface area contributed by atoms with Crippen LogP contribution in [0.25, 0.3) is 10.9 Å². The summed E-state index contributed by atoms with van der Waals surface area (Å²) in [5.74, 6) is -1.53. The number of rotatable bonds is 7. The lowest BCUT2D eigenvalue weighted by Gasteiger charge is -2.27. The fourth-order valence-electron chi connectivity index (χ4n) is 4.04. The molecule has 0 saturated carbocycles. The molecule has 0 saturated heterocycles. The van der Waals surface area contributed by atoms with Crippen molar-refractivity contribution < 1.29 is 18.0 Å². The van der Waals surface area contributed by atoms with E-state index >= 15 is 0 Å². The third kappa shape index (κ3) is 6.36. The maximum atomic E-state index is 13.6. The Morgan fingerprint density at radius 2 is 1.68 bits per heavy atom. The lowest BCUT2D eigenvalue weighted by molar-refractivity contribution is -0.123. The second-order valence-electron chi connectivity index (χ2n) is 9.18. The Bertz CT molecular complexity index is 1790. The van der Waals surface area contributed by atoms with Crippen LogP contribution in [-0.2, 0) is 19.6 Å². The summed E-state index contributed by atoms with van der Waals surface area (Å²) in [5, 5.41) is 0.410. The van der Waals surface area contributed by atoms with Gasteiger partial charge in [0.1, 0.15) is 0 Å². The molecular formula is C30H24Cl2N4O4S. The molecule has 41 heavy (non-hydrogen) atoms. The van der Waals surface area contributed by atoms with Gasteiger partial charge in [0.15, 0.2) is 0 Å². The molecule has 11 heteroatoms. The second kappa shape index (κ2) is 12.0. The number of sulfonamides is 1. The van der Waals surface area contributed by atoms with Crippen molar-refractivity contribution in [1.29, 1.82) is 0 Å². The van der Waals surface area contributed by atoms with Crippen LogP contribution < -0.4 is 14.5 Å². The van der Waals surface area contributed by atoms with Crippen LogP contribution in [0.3, 0.4) is 0 Å². The van der Waals surface area contributed by atoms with Crippen LogP contribution in [0.5, 0.6) is 0 Å². The number of imide groups is 1. The highest BCUT2D eigenvalue weighted by Crippen LogP contribution is 2.33. The summed E-state index contributed by atoms with van der Waals surface area (Å²) in [6.45, 7) is 9.10. The van der Waals surface area contributed by atoms with E-state index < -0.39 is 21.8 Å². The van der Waals surface area contributed by atoms with Crippen molar-refractivity contribution in [3.05, 3.63) is 123 Å². The van der Waals surface area contributed by atoms with E-state index in [9.17, 15) is 18.0 Å². The maximum Gasteiger partial charge on any atom is 0.264 e. The van der Waals surface area contributed by atoms with Crippen LogP contribution in [0.15, 0.2) is 101 Å². The van der Waals surface area contributed by atoms with E-state index in [0.29, 0.717) is 0 Å². The fourth-order valence-corrected chi connectivity index (χ4v) is 5.54. The number of nitrogens with zero attached hydrogens (tertiary/aromatic N) is 3. The van der Waals surface area contributed by atoms with Gasteiger partial charge < -0.3 is 4.90 Å². The van der Waals surface area contributed by atoms with Gasteiger partial charge in [-0.05, 0) is 66.6 Å². The third-order valence-electron chi connectivity index (χ3n) is 6.23. The summed E-state index contributed by atoms with van der Waals surface area (Å²) in [5.41, 5.74) is 2.11. The number of carbonyl (C=O) groups excluding carboxylic acids is 2. The largest absolute Gasteiger partial charge is 0.378 e. The minimum absolute atomic E-state index is 0.0112. The first-order chi connectivity index (χ1) is 19.4. The van der Waals surface area contributed by atoms with Crippen LogP contribution in [0.1, 0.15) is 12.5 Å². The van der Waals surface area contributed by atoms with E-state index in [1.165, 1.54) is 55.5 Å². The zero-order chi connectivity index (χ0) is 29.9. The van der Waals surface area contributed by atoms with Crippen LogP contribution in [-0.4, -0.2) is 34.3 Å². The van der Waals surface area contributed by atoms with Gasteiger partial charge in [-0.25, -0.2) is 13.3 Å². The first-order valence-corrected chi connectivity index (χ1v) is 14.4. The molecule has 1 aliphatic rings. The predicted octanol–water partition coefficient (Wildman–Crippen LogP) is 6.57. The zero-order valence-corrected chi connectivity index (χ0v) is 24.6. The van der Waals surface area contributed by atoms with E-state index in [-0.39, 0.29) is 43.2 Å². The molecule has 1 aliphatic heterocycles. The normalized spacial score (nSPS) is 15.0. The van der Waals surface area contributed by atoms with Gasteiger partial charge in [0.05, 0.1) is 27.9 Å². The Labute approximate surface area is 248 Å². The number of anilines is 3. The van der Waals surface area contributed by atoms with Crippen molar-refractivity contribution in [3.63, 3.8) is 0 Å². The van der Waals surface area contributed by atoms with Crippen molar-refractivity contribution >= 4 is 68.2 Å². The van der Waals surface area contributed by atoms with Crippen molar-refractivity contribution in [2.75, 3.05) is 28.6 Å². The Balaban J connectivity index is 1.68. The second-order valence-corrected chi connectivity index (χ2v) is 11.7. The lowest BCUT2D eigenvalue weighted by atomic mass is 9.97. The third-order valence-corrected chi connectivity index (χ3v) is 8.16. The van der Waals surface area contributed by atoms with Crippen LogP contribution in [0.4, 0.5) is 17.1 Å². The van der Waals surface area contributed by atoms with E-state index in [0.717, 1.165) is 16.2 Å². The quantitative estimate of drug-likeness (QED) is 0.187. The van der Waals surface area contributed by atoms with E-state index in [1.54, 1.807) is 12.2 Å². The molecule has 0 bridgehead atoms. The molecule has 0 spiro atoms. The molecule has 1 heterocycles. The number of benzene rings is 3. The van der Waals surface area contributed by atoms with Gasteiger partial charge in [-0.15, -0.1) is 0 Å². The van der Waals surface area contributed by atoms with Gasteiger partial charge in [0.2, 0.25) is 0 Å². The van der Waals surface area contributed by atoms with Crippen molar-refractivity contribution in [2.24, 2.45) is 0 Å². The summed E-state index contributed by atoms with van der Waals surface area (Å²) < 4.78 is 28.7. The monoisotopic (exact) mass is 606 g/mol.